The molecule has 0 saturated heterocycles. The van der Waals surface area contributed by atoms with Crippen LogP contribution in [0, 0.1) is 26.6 Å². The summed E-state index contributed by atoms with van der Waals surface area (Å²) in [7, 11) is 0. The SMILES string of the molecule is Cc1ccc(F)cc1-n1nc(-c2c(C)nc3scc(CC(=O)NC(C)CCc4ccccc4)n3c2=O)cc1C. The summed E-state index contributed by atoms with van der Waals surface area (Å²) >= 11 is 1.33. The molecule has 5 rings (SSSR count). The van der Waals surface area contributed by atoms with Crippen molar-refractivity contribution in [3.8, 4) is 16.9 Å². The van der Waals surface area contributed by atoms with Crippen LogP contribution < -0.4 is 10.9 Å². The number of fused-ring (bicyclic) bond motifs is 1. The van der Waals surface area contributed by atoms with Gasteiger partial charge in [-0.15, -0.1) is 11.3 Å². The molecule has 1 amide bonds. The maximum Gasteiger partial charge on any atom is 0.268 e. The summed E-state index contributed by atoms with van der Waals surface area (Å²) in [5.74, 6) is -0.507. The van der Waals surface area contributed by atoms with E-state index in [1.54, 1.807) is 29.1 Å². The minimum Gasteiger partial charge on any atom is -0.353 e. The van der Waals surface area contributed by atoms with Crippen molar-refractivity contribution in [3.05, 3.63) is 104 Å². The highest BCUT2D eigenvalue weighted by Crippen LogP contribution is 2.25. The Morgan fingerprint density at radius 1 is 1.10 bits per heavy atom. The fourth-order valence-electron chi connectivity index (χ4n) is 4.77. The van der Waals surface area contributed by atoms with Crippen LogP contribution in [0.2, 0.25) is 0 Å². The number of nitrogens with one attached hydrogen (secondary N) is 1. The number of amides is 1. The standard InChI is InChI=1S/C30H30FN5O2S/c1-18-10-13-23(31)15-26(18)36-20(3)14-25(34-36)28-21(4)33-30-35(29(28)38)24(17-39-30)16-27(37)32-19(2)11-12-22-8-6-5-7-9-22/h5-10,13-15,17,19H,11-12,16H2,1-4H3,(H,32,37). The molecule has 3 aromatic heterocycles. The van der Waals surface area contributed by atoms with Gasteiger partial charge >= 0.3 is 0 Å². The molecule has 2 aromatic carbocycles. The Balaban J connectivity index is 1.40. The number of aromatic nitrogens is 4. The van der Waals surface area contributed by atoms with Gasteiger partial charge in [-0.3, -0.25) is 14.0 Å². The third kappa shape index (κ3) is 5.54. The Bertz CT molecular complexity index is 1720. The molecule has 5 aromatic rings. The van der Waals surface area contributed by atoms with Gasteiger partial charge in [-0.05, 0) is 69.9 Å². The molecule has 39 heavy (non-hydrogen) atoms. The van der Waals surface area contributed by atoms with E-state index >= 15 is 0 Å². The van der Waals surface area contributed by atoms with E-state index in [0.717, 1.165) is 24.1 Å². The molecule has 0 aliphatic heterocycles. The molecule has 0 radical (unpaired) electrons. The monoisotopic (exact) mass is 543 g/mol. The van der Waals surface area contributed by atoms with Crippen molar-refractivity contribution in [3.63, 3.8) is 0 Å². The van der Waals surface area contributed by atoms with Crippen molar-refractivity contribution in [2.24, 2.45) is 0 Å². The number of benzene rings is 2. The van der Waals surface area contributed by atoms with Crippen LogP contribution in [0.1, 0.15) is 41.6 Å². The molecule has 1 atom stereocenters. The molecule has 7 nitrogen and oxygen atoms in total. The van der Waals surface area contributed by atoms with Crippen LogP contribution in [0.4, 0.5) is 4.39 Å². The molecule has 1 unspecified atom stereocenters. The van der Waals surface area contributed by atoms with Gasteiger partial charge in [-0.2, -0.15) is 5.10 Å². The molecule has 0 fully saturated rings. The Hall–Kier alpha value is -4.11. The van der Waals surface area contributed by atoms with Crippen LogP contribution in [0.15, 0.2) is 64.8 Å². The zero-order chi connectivity index (χ0) is 27.7. The minimum absolute atomic E-state index is 0.00604. The number of hydrogen-bond donors (Lipinski definition) is 1. The highest BCUT2D eigenvalue weighted by molar-refractivity contribution is 7.15. The number of hydrogen-bond acceptors (Lipinski definition) is 5. The number of carbonyl (C=O) groups is 1. The summed E-state index contributed by atoms with van der Waals surface area (Å²) in [6.45, 7) is 7.51. The molecule has 0 saturated carbocycles. The normalized spacial score (nSPS) is 12.1. The van der Waals surface area contributed by atoms with Crippen LogP contribution >= 0.6 is 11.3 Å². The Morgan fingerprint density at radius 3 is 2.64 bits per heavy atom. The van der Waals surface area contributed by atoms with Gasteiger partial charge in [0.25, 0.3) is 5.56 Å². The Kier molecular flexibility index (Phi) is 7.43. The number of thiazole rings is 1. The van der Waals surface area contributed by atoms with Crippen molar-refractivity contribution in [1.29, 1.82) is 0 Å². The third-order valence-electron chi connectivity index (χ3n) is 6.82. The average Bonchev–Trinajstić information content (AvgIpc) is 3.47. The van der Waals surface area contributed by atoms with E-state index in [0.29, 0.717) is 33.3 Å². The van der Waals surface area contributed by atoms with Crippen molar-refractivity contribution < 1.29 is 9.18 Å². The summed E-state index contributed by atoms with van der Waals surface area (Å²) in [6.07, 6.45) is 1.75. The molecule has 0 aliphatic rings. The summed E-state index contributed by atoms with van der Waals surface area (Å²) in [4.78, 5) is 31.8. The number of halogens is 1. The Morgan fingerprint density at radius 2 is 1.87 bits per heavy atom. The topological polar surface area (TPSA) is 81.3 Å². The lowest BCUT2D eigenvalue weighted by Crippen LogP contribution is -2.34. The first-order chi connectivity index (χ1) is 18.7. The first kappa shape index (κ1) is 26.5. The third-order valence-corrected chi connectivity index (χ3v) is 7.70. The second kappa shape index (κ2) is 10.9. The molecule has 9 heteroatoms. The van der Waals surface area contributed by atoms with Gasteiger partial charge in [-0.25, -0.2) is 14.1 Å². The zero-order valence-corrected chi connectivity index (χ0v) is 23.2. The largest absolute Gasteiger partial charge is 0.353 e. The summed E-state index contributed by atoms with van der Waals surface area (Å²) in [6, 6.07) is 16.5. The van der Waals surface area contributed by atoms with E-state index in [4.69, 9.17) is 0 Å². The van der Waals surface area contributed by atoms with Crippen LogP contribution in [-0.4, -0.2) is 31.1 Å². The predicted molar refractivity (Wildman–Crippen MR) is 152 cm³/mol. The lowest BCUT2D eigenvalue weighted by Gasteiger charge is -2.14. The van der Waals surface area contributed by atoms with Gasteiger partial charge in [0.2, 0.25) is 5.91 Å². The second-order valence-electron chi connectivity index (χ2n) is 9.91. The molecular weight excluding hydrogens is 513 g/mol. The van der Waals surface area contributed by atoms with Crippen molar-refractivity contribution in [2.75, 3.05) is 0 Å². The fraction of sp³-hybridized carbons (Fsp3) is 0.267. The maximum absolute atomic E-state index is 14.0. The average molecular weight is 544 g/mol. The van der Waals surface area contributed by atoms with Gasteiger partial charge in [0.15, 0.2) is 4.96 Å². The molecule has 3 heterocycles. The molecular formula is C30H30FN5O2S. The van der Waals surface area contributed by atoms with E-state index in [2.05, 4.69) is 27.5 Å². The van der Waals surface area contributed by atoms with Gasteiger partial charge < -0.3 is 5.32 Å². The van der Waals surface area contributed by atoms with E-state index < -0.39 is 0 Å². The molecule has 1 N–H and O–H groups in total. The second-order valence-corrected chi connectivity index (χ2v) is 10.7. The molecule has 0 spiro atoms. The summed E-state index contributed by atoms with van der Waals surface area (Å²) in [5.41, 5.74) is 5.13. The number of rotatable bonds is 8. The first-order valence-electron chi connectivity index (χ1n) is 12.9. The van der Waals surface area contributed by atoms with Gasteiger partial charge in [0, 0.05) is 22.8 Å². The van der Waals surface area contributed by atoms with Crippen molar-refractivity contribution in [2.45, 2.75) is 53.0 Å². The van der Waals surface area contributed by atoms with Gasteiger partial charge in [0.1, 0.15) is 11.5 Å². The fourth-order valence-corrected chi connectivity index (χ4v) is 5.69. The molecule has 0 aliphatic carbocycles. The quantitative estimate of drug-likeness (QED) is 0.286. The lowest BCUT2D eigenvalue weighted by molar-refractivity contribution is -0.121. The Labute approximate surface area is 230 Å². The number of nitrogens with zero attached hydrogens (tertiary/aromatic N) is 4. The highest BCUT2D eigenvalue weighted by Gasteiger charge is 2.21. The van der Waals surface area contributed by atoms with E-state index in [1.165, 1.54) is 33.4 Å². The lowest BCUT2D eigenvalue weighted by atomic mass is 10.1. The summed E-state index contributed by atoms with van der Waals surface area (Å²) in [5, 5.41) is 9.52. The number of carbonyl (C=O) groups excluding carboxylic acids is 1. The smallest absolute Gasteiger partial charge is 0.268 e. The maximum atomic E-state index is 14.0. The van der Waals surface area contributed by atoms with Crippen LogP contribution in [0.3, 0.4) is 0 Å². The first-order valence-corrected chi connectivity index (χ1v) is 13.8. The van der Waals surface area contributed by atoms with Crippen LogP contribution in [0.25, 0.3) is 21.9 Å². The van der Waals surface area contributed by atoms with Crippen LogP contribution in [0.5, 0.6) is 0 Å². The van der Waals surface area contributed by atoms with Gasteiger partial charge in [-0.1, -0.05) is 36.4 Å². The number of aryl methyl sites for hydroxylation is 4. The highest BCUT2D eigenvalue weighted by atomic mass is 32.1. The van der Waals surface area contributed by atoms with E-state index in [1.807, 2.05) is 39.0 Å². The van der Waals surface area contributed by atoms with Crippen LogP contribution in [-0.2, 0) is 17.6 Å². The van der Waals surface area contributed by atoms with Crippen molar-refractivity contribution in [1.82, 2.24) is 24.5 Å². The zero-order valence-electron chi connectivity index (χ0n) is 22.4. The minimum atomic E-state index is -0.359. The van der Waals surface area contributed by atoms with E-state index in [9.17, 15) is 14.0 Å². The van der Waals surface area contributed by atoms with E-state index in [-0.39, 0.29) is 29.7 Å². The predicted octanol–water partition coefficient (Wildman–Crippen LogP) is 5.35. The summed E-state index contributed by atoms with van der Waals surface area (Å²) < 4.78 is 17.1. The van der Waals surface area contributed by atoms with Crippen molar-refractivity contribution >= 4 is 22.2 Å². The van der Waals surface area contributed by atoms with Gasteiger partial charge in [0.05, 0.1) is 23.4 Å². The molecule has 0 bridgehead atoms. The molecule has 200 valence electrons.